The molecule has 17 heteroatoms. The average Bonchev–Trinajstić information content (AvgIpc) is 1.58. The van der Waals surface area contributed by atoms with Crippen LogP contribution in [0.5, 0.6) is 28.7 Å². The monoisotopic (exact) mass is 1810 g/mol. The van der Waals surface area contributed by atoms with Crippen LogP contribution in [0.3, 0.4) is 0 Å². The molecular weight excluding hydrogens is 1750 g/mol. The third-order valence-electron chi connectivity index (χ3n) is 23.1. The van der Waals surface area contributed by atoms with E-state index in [9.17, 15) is 5.11 Å². The maximum absolute atomic E-state index is 10.2. The second-order valence-corrected chi connectivity index (χ2v) is 34.6. The zero-order chi connectivity index (χ0) is 82.0. The van der Waals surface area contributed by atoms with Gasteiger partial charge in [0.1, 0.15) is 28.5 Å². The second-order valence-electron chi connectivity index (χ2n) is 30.4. The molecule has 12 aromatic heterocycles. The zero-order valence-electron chi connectivity index (χ0n) is 65.9. The molecule has 15 aromatic carbocycles. The van der Waals surface area contributed by atoms with Gasteiger partial charge in [-0.2, -0.15) is 0 Å². The van der Waals surface area contributed by atoms with Crippen LogP contribution in [0.25, 0.3) is 209 Å². The summed E-state index contributed by atoms with van der Waals surface area (Å²) in [4.78, 5) is 28.5. The van der Waals surface area contributed by atoms with Crippen molar-refractivity contribution in [3.8, 4) is 62.5 Å². The van der Waals surface area contributed by atoms with Crippen LogP contribution in [0.4, 0.5) is 0 Å². The molecule has 0 unspecified atom stereocenters. The Balaban J connectivity index is 0.000000101. The van der Waals surface area contributed by atoms with E-state index in [1.807, 2.05) is 180 Å². The van der Waals surface area contributed by atoms with Crippen molar-refractivity contribution < 1.29 is 35.0 Å². The molecule has 0 fully saturated rings. The van der Waals surface area contributed by atoms with Crippen LogP contribution < -0.4 is 9.47 Å². The first-order valence-electron chi connectivity index (χ1n) is 40.6. The van der Waals surface area contributed by atoms with E-state index in [2.05, 4.69) is 262 Å². The number of halogens is 1. The average molecular weight is 1820 g/mol. The number of ether oxygens (including phenoxy) is 2. The van der Waals surface area contributed by atoms with E-state index in [4.69, 9.17) is 24.4 Å². The van der Waals surface area contributed by atoms with E-state index in [-0.39, 0.29) is 26.2 Å². The van der Waals surface area contributed by atoms with Gasteiger partial charge in [0, 0.05) is 133 Å². The summed E-state index contributed by atoms with van der Waals surface area (Å²) in [7, 11) is 0. The smallest absolute Gasteiger partial charge is 0.508 e. The Morgan fingerprint density at radius 3 is 1.26 bits per heavy atom. The van der Waals surface area contributed by atoms with Gasteiger partial charge in [0.05, 0.1) is 61.2 Å². The van der Waals surface area contributed by atoms with Crippen LogP contribution in [-0.2, 0) is 20.4 Å². The number of aromatic hydroxyl groups is 1. The second kappa shape index (κ2) is 31.1. The van der Waals surface area contributed by atoms with Crippen LogP contribution in [-0.4, -0.2) is 48.2 Å². The SMILES string of the molecule is Brc1cccc(-c2ccccn2)c1.Oc1ccc2c(c1)c1nc3ccccc3n1c1c2ccc2sc3ccccc3c21.[Pd+2].[c-]1c(Oc2[c-]c3c(cc2)c2ccc4sc5ccccc5c4c2n2c4ccccc4nc32)cccc1-c1ccccn1.c1ccc(-c2cccc(Oc3ccc4c(c3)c3nc5ccccc5n3c3c4ccc4sc5ccccc5c43)c2)nc1. The molecule has 0 spiro atoms. The van der Waals surface area contributed by atoms with Crippen LogP contribution in [0.15, 0.2) is 375 Å². The summed E-state index contributed by atoms with van der Waals surface area (Å²) in [6.45, 7) is 0. The minimum absolute atomic E-state index is 0. The topological polar surface area (TPSA) is 129 Å². The number of imidazole rings is 3. The minimum atomic E-state index is 0. The molecule has 0 aliphatic rings. The van der Waals surface area contributed by atoms with Crippen molar-refractivity contribution in [2.24, 2.45) is 0 Å². The summed E-state index contributed by atoms with van der Waals surface area (Å²) in [6.07, 6.45) is 5.39. The summed E-state index contributed by atoms with van der Waals surface area (Å²) >= 11 is 8.93. The number of aromatic nitrogens is 9. The van der Waals surface area contributed by atoms with Crippen LogP contribution in [0.1, 0.15) is 0 Å². The first kappa shape index (κ1) is 75.3. The van der Waals surface area contributed by atoms with Crippen molar-refractivity contribution in [2.45, 2.75) is 0 Å². The Bertz CT molecular complexity index is 8680. The summed E-state index contributed by atoms with van der Waals surface area (Å²) in [5.74, 6) is 3.02. The largest absolute Gasteiger partial charge is 2.00 e. The Morgan fingerprint density at radius 2 is 0.720 bits per heavy atom. The molecule has 0 atom stereocenters. The van der Waals surface area contributed by atoms with Crippen molar-refractivity contribution >= 4 is 226 Å². The van der Waals surface area contributed by atoms with Crippen LogP contribution in [0, 0.1) is 12.1 Å². The normalized spacial score (nSPS) is 11.7. The maximum atomic E-state index is 10.2. The molecule has 0 aliphatic carbocycles. The van der Waals surface area contributed by atoms with E-state index in [0.29, 0.717) is 11.5 Å². The first-order valence-corrected chi connectivity index (χ1v) is 43.8. The molecule has 125 heavy (non-hydrogen) atoms. The van der Waals surface area contributed by atoms with Crippen LogP contribution in [0.2, 0.25) is 0 Å². The first-order chi connectivity index (χ1) is 61.3. The molecule has 12 nitrogen and oxygen atoms in total. The van der Waals surface area contributed by atoms with Crippen molar-refractivity contribution in [3.63, 3.8) is 0 Å². The number of thiophene rings is 3. The van der Waals surface area contributed by atoms with E-state index in [0.717, 1.165) is 132 Å². The molecule has 0 saturated heterocycles. The fraction of sp³-hybridized carbons (Fsp3) is 0. The number of benzene rings is 15. The van der Waals surface area contributed by atoms with Gasteiger partial charge in [-0.3, -0.25) is 23.8 Å². The van der Waals surface area contributed by atoms with Crippen molar-refractivity contribution in [1.29, 1.82) is 0 Å². The predicted molar refractivity (Wildman–Crippen MR) is 518 cm³/mol. The molecular formula is C108H62BrN9O3PdS3. The van der Waals surface area contributed by atoms with Crippen molar-refractivity contribution in [3.05, 3.63) is 387 Å². The van der Waals surface area contributed by atoms with Crippen LogP contribution >= 0.6 is 49.9 Å². The molecule has 0 radical (unpaired) electrons. The minimum Gasteiger partial charge on any atom is -0.508 e. The summed E-state index contributed by atoms with van der Waals surface area (Å²) in [6, 6.07) is 127. The van der Waals surface area contributed by atoms with Gasteiger partial charge in [-0.15, -0.1) is 63.8 Å². The third-order valence-corrected chi connectivity index (χ3v) is 27.0. The van der Waals surface area contributed by atoms with Gasteiger partial charge in [-0.1, -0.05) is 203 Å². The number of fused-ring (bicyclic) bond motifs is 36. The van der Waals surface area contributed by atoms with Gasteiger partial charge in [0.15, 0.2) is 0 Å². The molecule has 0 bridgehead atoms. The van der Waals surface area contributed by atoms with Gasteiger partial charge in [-0.05, 0) is 186 Å². The van der Waals surface area contributed by atoms with Crippen molar-refractivity contribution in [2.75, 3.05) is 0 Å². The number of phenols is 1. The molecule has 0 amide bonds. The number of phenolic OH excluding ortho intramolecular Hbond substituents is 1. The standard InChI is InChI=1S/C36H21N3OS.C36H19N3OS.C25H14N2OS.C11H8BrN.Pd/c2*1-4-14-32-27(10-1)34-33(41-32)18-17-26-25-16-15-24(40-23-9-7-8-22(20-23)29-11-5-6-19-37-29)21-28(25)36-38-30-12-2-3-13-31(30)39(36)35(26)34;28-14-9-10-15-16-11-12-22-23(17-5-1-4-8-21(17)29-22)24(16)27-20-7-3-2-6-19(20)26-25(27)18(15)13-14;12-10-5-3-4-9(8-10)11-6-1-2-7-13-11;/h1-21H;1-19H;1-13,28H;1-8H;/q;-2;;;+2. The fourth-order valence-electron chi connectivity index (χ4n) is 17.8. The fourth-order valence-corrected chi connectivity index (χ4v) is 21.5. The Hall–Kier alpha value is -14.6. The summed E-state index contributed by atoms with van der Waals surface area (Å²) in [5.41, 5.74) is 18.2. The molecule has 0 saturated carbocycles. The van der Waals surface area contributed by atoms with E-state index < -0.39 is 0 Å². The molecule has 12 heterocycles. The molecule has 592 valence electrons. The molecule has 1 N–H and O–H groups in total. The third kappa shape index (κ3) is 13.0. The molecule has 27 rings (SSSR count). The number of hydrogen-bond donors (Lipinski definition) is 1. The van der Waals surface area contributed by atoms with Gasteiger partial charge in [-0.25, -0.2) is 9.97 Å². The van der Waals surface area contributed by atoms with E-state index >= 15 is 0 Å². The predicted octanol–water partition coefficient (Wildman–Crippen LogP) is 30.0. The van der Waals surface area contributed by atoms with Crippen molar-refractivity contribution in [1.82, 2.24) is 43.1 Å². The molecule has 0 aliphatic heterocycles. The van der Waals surface area contributed by atoms with E-state index in [1.54, 1.807) is 18.5 Å². The number of rotatable bonds is 7. The number of hydrogen-bond acceptors (Lipinski definition) is 12. The number of pyridine rings is 6. The van der Waals surface area contributed by atoms with E-state index in [1.165, 1.54) is 93.2 Å². The molecule has 27 aromatic rings. The Kier molecular flexibility index (Phi) is 18.7. The Morgan fingerprint density at radius 1 is 0.296 bits per heavy atom. The van der Waals surface area contributed by atoms with Gasteiger partial charge >= 0.3 is 20.4 Å². The number of para-hydroxylation sites is 6. The van der Waals surface area contributed by atoms with Gasteiger partial charge < -0.3 is 24.0 Å². The quantitative estimate of drug-likeness (QED) is 0.0942. The Labute approximate surface area is 746 Å². The van der Waals surface area contributed by atoms with Gasteiger partial charge in [0.25, 0.3) is 0 Å². The summed E-state index contributed by atoms with van der Waals surface area (Å²) in [5, 5.41) is 27.7. The maximum Gasteiger partial charge on any atom is 2.00 e. The zero-order valence-corrected chi connectivity index (χ0v) is 71.5. The number of nitrogens with zero attached hydrogens (tertiary/aromatic N) is 9. The van der Waals surface area contributed by atoms with Gasteiger partial charge in [0.2, 0.25) is 0 Å². The summed E-state index contributed by atoms with van der Waals surface area (Å²) < 4.78 is 28.5.